The minimum absolute atomic E-state index is 0.0701. The Morgan fingerprint density at radius 3 is 2.50 bits per heavy atom. The van der Waals surface area contributed by atoms with E-state index in [0.717, 1.165) is 11.1 Å². The van der Waals surface area contributed by atoms with Crippen LogP contribution in [0, 0.1) is 24.1 Å². The van der Waals surface area contributed by atoms with E-state index in [1.54, 1.807) is 31.2 Å². The molecule has 0 aromatic heterocycles. The molecule has 102 valence electrons. The Bertz CT molecular complexity index is 626. The maximum atomic E-state index is 13.5. The van der Waals surface area contributed by atoms with Crippen LogP contribution in [0.15, 0.2) is 42.5 Å². The normalized spacial score (nSPS) is 11.9. The molecule has 2 rings (SSSR count). The van der Waals surface area contributed by atoms with Crippen LogP contribution >= 0.6 is 0 Å². The lowest BCUT2D eigenvalue weighted by Gasteiger charge is -2.15. The van der Waals surface area contributed by atoms with Crippen molar-refractivity contribution in [3.8, 4) is 6.07 Å². The molecule has 0 spiro atoms. The Morgan fingerprint density at radius 2 is 1.90 bits per heavy atom. The van der Waals surface area contributed by atoms with E-state index in [2.05, 4.69) is 11.4 Å². The average Bonchev–Trinajstić information content (AvgIpc) is 2.48. The van der Waals surface area contributed by atoms with Gasteiger partial charge in [0, 0.05) is 12.6 Å². The molecule has 0 amide bonds. The molecule has 0 saturated heterocycles. The molecule has 1 atom stereocenters. The summed E-state index contributed by atoms with van der Waals surface area (Å²) < 4.78 is 13.5. The summed E-state index contributed by atoms with van der Waals surface area (Å²) in [5.74, 6) is -0.172. The zero-order valence-corrected chi connectivity index (χ0v) is 11.7. The molecular formula is C17H17FN2. The molecule has 1 unspecified atom stereocenters. The van der Waals surface area contributed by atoms with Gasteiger partial charge < -0.3 is 5.32 Å². The monoisotopic (exact) mass is 268 g/mol. The first-order valence-corrected chi connectivity index (χ1v) is 6.58. The minimum Gasteiger partial charge on any atom is -0.306 e. The average molecular weight is 268 g/mol. The molecule has 0 radical (unpaired) electrons. The maximum absolute atomic E-state index is 13.5. The summed E-state index contributed by atoms with van der Waals surface area (Å²) >= 11 is 0. The number of hydrogen-bond donors (Lipinski definition) is 1. The summed E-state index contributed by atoms with van der Waals surface area (Å²) in [6, 6.07) is 14.9. The van der Waals surface area contributed by atoms with E-state index in [4.69, 9.17) is 5.26 Å². The van der Waals surface area contributed by atoms with Crippen molar-refractivity contribution in [2.24, 2.45) is 0 Å². The third kappa shape index (κ3) is 3.43. The van der Waals surface area contributed by atoms with E-state index >= 15 is 0 Å². The number of nitrogens with one attached hydrogen (secondary N) is 1. The van der Waals surface area contributed by atoms with Crippen molar-refractivity contribution >= 4 is 0 Å². The fourth-order valence-corrected chi connectivity index (χ4v) is 1.96. The van der Waals surface area contributed by atoms with E-state index in [1.165, 1.54) is 0 Å². The highest BCUT2D eigenvalue weighted by atomic mass is 19.1. The van der Waals surface area contributed by atoms with Crippen LogP contribution < -0.4 is 5.32 Å². The number of benzene rings is 2. The second kappa shape index (κ2) is 6.31. The molecule has 2 aromatic rings. The van der Waals surface area contributed by atoms with Crippen molar-refractivity contribution in [2.45, 2.75) is 26.4 Å². The van der Waals surface area contributed by atoms with Crippen molar-refractivity contribution in [1.29, 1.82) is 5.26 Å². The van der Waals surface area contributed by atoms with Crippen LogP contribution in [-0.2, 0) is 6.54 Å². The van der Waals surface area contributed by atoms with Crippen LogP contribution in [0.4, 0.5) is 4.39 Å². The predicted octanol–water partition coefficient (Wildman–Crippen LogP) is 3.86. The number of nitrogens with zero attached hydrogens (tertiary/aromatic N) is 1. The first kappa shape index (κ1) is 14.2. The Kier molecular flexibility index (Phi) is 4.49. The van der Waals surface area contributed by atoms with Crippen LogP contribution in [0.1, 0.15) is 35.2 Å². The SMILES string of the molecule is Cc1ccc(C(C)NCc2ccc(C#N)cc2)cc1F. The van der Waals surface area contributed by atoms with Gasteiger partial charge in [-0.15, -0.1) is 0 Å². The van der Waals surface area contributed by atoms with Gasteiger partial charge in [0.25, 0.3) is 0 Å². The molecule has 0 aliphatic rings. The van der Waals surface area contributed by atoms with Crippen molar-refractivity contribution in [3.05, 3.63) is 70.5 Å². The quantitative estimate of drug-likeness (QED) is 0.914. The van der Waals surface area contributed by atoms with Gasteiger partial charge >= 0.3 is 0 Å². The van der Waals surface area contributed by atoms with Gasteiger partial charge in [0.05, 0.1) is 11.6 Å². The molecule has 0 aliphatic heterocycles. The van der Waals surface area contributed by atoms with Crippen molar-refractivity contribution < 1.29 is 4.39 Å². The predicted molar refractivity (Wildman–Crippen MR) is 77.5 cm³/mol. The standard InChI is InChI=1S/C17H17FN2/c1-12-3-8-16(9-17(12)18)13(2)20-11-15-6-4-14(10-19)5-7-15/h3-9,13,20H,11H2,1-2H3. The Hall–Kier alpha value is -2.18. The zero-order valence-electron chi connectivity index (χ0n) is 11.7. The van der Waals surface area contributed by atoms with Crippen LogP contribution in [0.3, 0.4) is 0 Å². The third-order valence-electron chi connectivity index (χ3n) is 3.39. The summed E-state index contributed by atoms with van der Waals surface area (Å²) in [6.45, 7) is 4.45. The fourth-order valence-electron chi connectivity index (χ4n) is 1.96. The number of nitriles is 1. The topological polar surface area (TPSA) is 35.8 Å². The molecule has 0 fully saturated rings. The molecule has 2 aromatic carbocycles. The molecular weight excluding hydrogens is 251 g/mol. The van der Waals surface area contributed by atoms with Crippen LogP contribution in [0.2, 0.25) is 0 Å². The van der Waals surface area contributed by atoms with Crippen LogP contribution in [0.25, 0.3) is 0 Å². The van der Waals surface area contributed by atoms with Crippen LogP contribution in [-0.4, -0.2) is 0 Å². The van der Waals surface area contributed by atoms with Gasteiger partial charge in [-0.25, -0.2) is 4.39 Å². The molecule has 20 heavy (non-hydrogen) atoms. The number of halogens is 1. The Balaban J connectivity index is 1.99. The largest absolute Gasteiger partial charge is 0.306 e. The van der Waals surface area contributed by atoms with E-state index < -0.39 is 0 Å². The first-order valence-electron chi connectivity index (χ1n) is 6.58. The fraction of sp³-hybridized carbons (Fsp3) is 0.235. The summed E-state index contributed by atoms with van der Waals surface area (Å²) in [5.41, 5.74) is 3.35. The highest BCUT2D eigenvalue weighted by Gasteiger charge is 2.07. The second-order valence-corrected chi connectivity index (χ2v) is 4.92. The zero-order chi connectivity index (χ0) is 14.5. The van der Waals surface area contributed by atoms with Gasteiger partial charge in [-0.1, -0.05) is 24.3 Å². The summed E-state index contributed by atoms with van der Waals surface area (Å²) in [4.78, 5) is 0. The lowest BCUT2D eigenvalue weighted by atomic mass is 10.1. The second-order valence-electron chi connectivity index (χ2n) is 4.92. The molecule has 0 aliphatic carbocycles. The van der Waals surface area contributed by atoms with Gasteiger partial charge in [0.2, 0.25) is 0 Å². The minimum atomic E-state index is -0.172. The third-order valence-corrected chi connectivity index (χ3v) is 3.39. The molecule has 2 nitrogen and oxygen atoms in total. The van der Waals surface area contributed by atoms with E-state index in [1.807, 2.05) is 25.1 Å². The van der Waals surface area contributed by atoms with Crippen molar-refractivity contribution in [3.63, 3.8) is 0 Å². The number of rotatable bonds is 4. The van der Waals surface area contributed by atoms with Crippen molar-refractivity contribution in [2.75, 3.05) is 0 Å². The lowest BCUT2D eigenvalue weighted by molar-refractivity contribution is 0.563. The van der Waals surface area contributed by atoms with Gasteiger partial charge in [-0.2, -0.15) is 5.26 Å². The summed E-state index contributed by atoms with van der Waals surface area (Å²) in [7, 11) is 0. The Morgan fingerprint density at radius 1 is 1.20 bits per heavy atom. The number of hydrogen-bond acceptors (Lipinski definition) is 2. The molecule has 0 saturated carbocycles. The lowest BCUT2D eigenvalue weighted by Crippen LogP contribution is -2.18. The van der Waals surface area contributed by atoms with Gasteiger partial charge in [-0.05, 0) is 48.7 Å². The van der Waals surface area contributed by atoms with Gasteiger partial charge in [0.1, 0.15) is 5.82 Å². The maximum Gasteiger partial charge on any atom is 0.126 e. The van der Waals surface area contributed by atoms with E-state index in [0.29, 0.717) is 17.7 Å². The number of aryl methyl sites for hydroxylation is 1. The van der Waals surface area contributed by atoms with Crippen LogP contribution in [0.5, 0.6) is 0 Å². The first-order chi connectivity index (χ1) is 9.60. The Labute approximate surface area is 118 Å². The van der Waals surface area contributed by atoms with Gasteiger partial charge in [0.15, 0.2) is 0 Å². The summed E-state index contributed by atoms with van der Waals surface area (Å²) in [6.07, 6.45) is 0. The molecule has 1 N–H and O–H groups in total. The van der Waals surface area contributed by atoms with E-state index in [9.17, 15) is 4.39 Å². The summed E-state index contributed by atoms with van der Waals surface area (Å²) in [5, 5.41) is 12.1. The van der Waals surface area contributed by atoms with E-state index in [-0.39, 0.29) is 11.9 Å². The smallest absolute Gasteiger partial charge is 0.126 e. The molecule has 0 heterocycles. The molecule has 3 heteroatoms. The van der Waals surface area contributed by atoms with Crippen molar-refractivity contribution in [1.82, 2.24) is 5.32 Å². The van der Waals surface area contributed by atoms with Gasteiger partial charge in [-0.3, -0.25) is 0 Å². The highest BCUT2D eigenvalue weighted by molar-refractivity contribution is 5.31. The highest BCUT2D eigenvalue weighted by Crippen LogP contribution is 2.17. The molecule has 0 bridgehead atoms.